The molecule has 2 saturated heterocycles. The highest BCUT2D eigenvalue weighted by molar-refractivity contribution is 5.75. The summed E-state index contributed by atoms with van der Waals surface area (Å²) in [5, 5.41) is 54.7. The first-order chi connectivity index (χ1) is 17.8. The van der Waals surface area contributed by atoms with Crippen LogP contribution in [0.5, 0.6) is 0 Å². The highest BCUT2D eigenvalue weighted by atomic mass is 16.7. The largest absolute Gasteiger partial charge is 0.456 e. The van der Waals surface area contributed by atoms with Crippen LogP contribution in [0.25, 0.3) is 0 Å². The van der Waals surface area contributed by atoms with E-state index >= 15 is 0 Å². The fourth-order valence-corrected chi connectivity index (χ4v) is 5.30. The van der Waals surface area contributed by atoms with Crippen molar-refractivity contribution in [3.63, 3.8) is 0 Å². The summed E-state index contributed by atoms with van der Waals surface area (Å²) in [7, 11) is 4.20. The van der Waals surface area contributed by atoms with Gasteiger partial charge in [0.15, 0.2) is 6.10 Å². The van der Waals surface area contributed by atoms with Crippen LogP contribution < -0.4 is 0 Å². The van der Waals surface area contributed by atoms with Crippen molar-refractivity contribution in [2.24, 2.45) is 11.3 Å². The number of methoxy groups -OCH3 is 3. The summed E-state index contributed by atoms with van der Waals surface area (Å²) in [6, 6.07) is 0. The van der Waals surface area contributed by atoms with Gasteiger partial charge >= 0.3 is 5.97 Å². The average Bonchev–Trinajstić information content (AvgIpc) is 2.89. The SMILES string of the molecule is CC[C@@H](/C=C(\C)C1C[C@H](OC)C[C@@H](O)C(C)(C)[C@]2(O)O[C@@H](C[C@H](OC)[C@@H](O)C(=O)O1)C[C@H](OC)[C@@H]2O)CO. The lowest BCUT2D eigenvalue weighted by atomic mass is 9.70. The zero-order valence-corrected chi connectivity index (χ0v) is 23.7. The van der Waals surface area contributed by atoms with Gasteiger partial charge < -0.3 is 49.2 Å². The zero-order valence-electron chi connectivity index (χ0n) is 23.7. The Labute approximate surface area is 225 Å². The van der Waals surface area contributed by atoms with E-state index in [4.69, 9.17) is 23.7 Å². The van der Waals surface area contributed by atoms with Crippen molar-refractivity contribution in [3.8, 4) is 0 Å². The Morgan fingerprint density at radius 3 is 2.18 bits per heavy atom. The Bertz CT molecular complexity index is 783. The molecule has 2 aliphatic heterocycles. The van der Waals surface area contributed by atoms with Crippen LogP contribution in [-0.2, 0) is 28.5 Å². The number of aliphatic hydroxyl groups is 5. The van der Waals surface area contributed by atoms with Crippen molar-refractivity contribution < 1.29 is 54.0 Å². The second-order valence-corrected chi connectivity index (χ2v) is 11.1. The van der Waals surface area contributed by atoms with Crippen molar-refractivity contribution in [1.82, 2.24) is 0 Å². The number of carbonyl (C=O) groups excluding carboxylic acids is 1. The molecule has 5 N–H and O–H groups in total. The maximum absolute atomic E-state index is 13.1. The van der Waals surface area contributed by atoms with Crippen molar-refractivity contribution in [2.75, 3.05) is 27.9 Å². The number of cyclic esters (lactones) is 1. The topological polar surface area (TPSA) is 164 Å². The molecule has 2 bridgehead atoms. The molecular weight excluding hydrogens is 500 g/mol. The Kier molecular flexibility index (Phi) is 12.1. The van der Waals surface area contributed by atoms with Crippen LogP contribution in [0.15, 0.2) is 11.6 Å². The van der Waals surface area contributed by atoms with Crippen molar-refractivity contribution in [2.45, 2.75) is 114 Å². The standard InChI is InChI=1S/C27H48O11/c1-8-16(14-28)9-15(2)19-10-17(34-5)13-22(29)26(3,4)27(33)24(31)21(36-7)12-18(38-27)11-20(35-6)23(30)25(32)37-19/h9,16-24,28-31,33H,8,10-14H2,1-7H3/b15-9+/t16-,17-,18-,19?,20-,21-,22+,23+,24-,27+/m0/s1. The van der Waals surface area contributed by atoms with E-state index in [2.05, 4.69) is 0 Å². The molecular formula is C27H48O11. The second kappa shape index (κ2) is 14.0. The summed E-state index contributed by atoms with van der Waals surface area (Å²) < 4.78 is 28.3. The van der Waals surface area contributed by atoms with Crippen LogP contribution in [0.3, 0.4) is 0 Å². The lowest BCUT2D eigenvalue weighted by Gasteiger charge is -2.54. The van der Waals surface area contributed by atoms with Gasteiger partial charge in [-0.3, -0.25) is 0 Å². The van der Waals surface area contributed by atoms with Gasteiger partial charge in [0.1, 0.15) is 12.2 Å². The molecule has 2 rings (SSSR count). The van der Waals surface area contributed by atoms with Gasteiger partial charge in [0.25, 0.3) is 0 Å². The van der Waals surface area contributed by atoms with Crippen molar-refractivity contribution in [3.05, 3.63) is 11.6 Å². The molecule has 222 valence electrons. The minimum atomic E-state index is -2.23. The number of fused-ring (bicyclic) bond motifs is 2. The number of ether oxygens (including phenoxy) is 5. The van der Waals surface area contributed by atoms with E-state index in [1.165, 1.54) is 21.3 Å². The summed E-state index contributed by atoms with van der Waals surface area (Å²) in [5.74, 6) is -3.29. The summed E-state index contributed by atoms with van der Waals surface area (Å²) in [5.41, 5.74) is -0.730. The van der Waals surface area contributed by atoms with E-state index < -0.39 is 66.0 Å². The van der Waals surface area contributed by atoms with Gasteiger partial charge in [0, 0.05) is 65.0 Å². The lowest BCUT2D eigenvalue weighted by molar-refractivity contribution is -0.379. The van der Waals surface area contributed by atoms with Crippen LogP contribution in [0.2, 0.25) is 0 Å². The number of carbonyl (C=O) groups is 1. The minimum Gasteiger partial charge on any atom is -0.456 e. The molecule has 1 unspecified atom stereocenters. The molecule has 0 aromatic heterocycles. The molecule has 2 fully saturated rings. The molecule has 38 heavy (non-hydrogen) atoms. The summed E-state index contributed by atoms with van der Waals surface area (Å²) in [6.45, 7) is 6.81. The maximum atomic E-state index is 13.1. The summed E-state index contributed by atoms with van der Waals surface area (Å²) >= 11 is 0. The highest BCUT2D eigenvalue weighted by Crippen LogP contribution is 2.46. The van der Waals surface area contributed by atoms with Crippen LogP contribution >= 0.6 is 0 Å². The van der Waals surface area contributed by atoms with Gasteiger partial charge in [0.05, 0.1) is 30.5 Å². The van der Waals surface area contributed by atoms with Gasteiger partial charge in [-0.15, -0.1) is 0 Å². The molecule has 0 radical (unpaired) electrons. The van der Waals surface area contributed by atoms with E-state index in [0.29, 0.717) is 12.0 Å². The first kappa shape index (κ1) is 33.1. The molecule has 0 spiro atoms. The molecule has 11 heteroatoms. The average molecular weight is 549 g/mol. The predicted octanol–water partition coefficient (Wildman–Crippen LogP) is 0.678. The highest BCUT2D eigenvalue weighted by Gasteiger charge is 2.60. The Balaban J connectivity index is 2.56. The number of aliphatic hydroxyl groups excluding tert-OH is 4. The predicted molar refractivity (Wildman–Crippen MR) is 137 cm³/mol. The van der Waals surface area contributed by atoms with Crippen LogP contribution in [-0.4, -0.2) is 114 Å². The van der Waals surface area contributed by atoms with E-state index in [9.17, 15) is 30.3 Å². The quantitative estimate of drug-likeness (QED) is 0.224. The molecule has 0 aliphatic carbocycles. The fraction of sp³-hybridized carbons (Fsp3) is 0.889. The molecule has 0 aromatic carbocycles. The van der Waals surface area contributed by atoms with Crippen molar-refractivity contribution in [1.29, 1.82) is 0 Å². The third-order valence-electron chi connectivity index (χ3n) is 8.37. The van der Waals surface area contributed by atoms with E-state index in [-0.39, 0.29) is 38.2 Å². The Morgan fingerprint density at radius 2 is 1.66 bits per heavy atom. The van der Waals surface area contributed by atoms with Gasteiger partial charge in [-0.05, 0) is 18.9 Å². The van der Waals surface area contributed by atoms with E-state index in [1.54, 1.807) is 20.8 Å². The number of hydrogen-bond donors (Lipinski definition) is 5. The van der Waals surface area contributed by atoms with Crippen LogP contribution in [0.1, 0.15) is 59.8 Å². The monoisotopic (exact) mass is 548 g/mol. The number of esters is 1. The molecule has 2 aliphatic rings. The molecule has 11 nitrogen and oxygen atoms in total. The van der Waals surface area contributed by atoms with E-state index in [0.717, 1.165) is 0 Å². The third kappa shape index (κ3) is 7.13. The molecule has 0 aromatic rings. The molecule has 0 saturated carbocycles. The third-order valence-corrected chi connectivity index (χ3v) is 8.37. The van der Waals surface area contributed by atoms with Gasteiger partial charge in [-0.25, -0.2) is 4.79 Å². The second-order valence-electron chi connectivity index (χ2n) is 11.1. The Morgan fingerprint density at radius 1 is 1.05 bits per heavy atom. The maximum Gasteiger partial charge on any atom is 0.338 e. The van der Waals surface area contributed by atoms with Crippen LogP contribution in [0.4, 0.5) is 0 Å². The van der Waals surface area contributed by atoms with Crippen molar-refractivity contribution >= 4 is 5.97 Å². The first-order valence-corrected chi connectivity index (χ1v) is 13.3. The molecule has 0 amide bonds. The summed E-state index contributed by atoms with van der Waals surface area (Å²) in [4.78, 5) is 13.1. The normalized spacial score (nSPS) is 40.2. The van der Waals surface area contributed by atoms with Gasteiger partial charge in [0.2, 0.25) is 5.79 Å². The number of hydrogen-bond acceptors (Lipinski definition) is 11. The molecule has 10 atom stereocenters. The number of rotatable bonds is 7. The first-order valence-electron chi connectivity index (χ1n) is 13.3. The van der Waals surface area contributed by atoms with E-state index in [1.807, 2.05) is 13.0 Å². The Hall–Kier alpha value is -1.15. The summed E-state index contributed by atoms with van der Waals surface area (Å²) in [6.07, 6.45) is -5.71. The lowest BCUT2D eigenvalue weighted by Crippen LogP contribution is -2.68. The van der Waals surface area contributed by atoms with Gasteiger partial charge in [-0.1, -0.05) is 26.8 Å². The fourth-order valence-electron chi connectivity index (χ4n) is 5.30. The van der Waals surface area contributed by atoms with Gasteiger partial charge in [-0.2, -0.15) is 0 Å². The van der Waals surface area contributed by atoms with Crippen LogP contribution in [0, 0.1) is 11.3 Å². The minimum absolute atomic E-state index is 0.0174. The molecule has 2 heterocycles. The smallest absolute Gasteiger partial charge is 0.338 e. The zero-order chi connectivity index (χ0) is 28.8.